The highest BCUT2D eigenvalue weighted by Gasteiger charge is 2.05. The van der Waals surface area contributed by atoms with Crippen molar-refractivity contribution >= 4 is 47.3 Å². The van der Waals surface area contributed by atoms with Gasteiger partial charge < -0.3 is 5.73 Å². The molecule has 0 radical (unpaired) electrons. The molecule has 0 aliphatic carbocycles. The number of benzene rings is 1. The third-order valence-corrected chi connectivity index (χ3v) is 3.32. The molecule has 0 saturated heterocycles. The van der Waals surface area contributed by atoms with Crippen molar-refractivity contribution in [2.75, 3.05) is 5.73 Å². The maximum absolute atomic E-state index is 5.69. The lowest BCUT2D eigenvalue weighted by molar-refractivity contribution is 1.29. The van der Waals surface area contributed by atoms with Crippen LogP contribution in [0.25, 0.3) is 11.0 Å². The minimum Gasteiger partial charge on any atom is -0.368 e. The largest absolute Gasteiger partial charge is 0.368 e. The number of hydrogen-bond acceptors (Lipinski definition) is 3. The van der Waals surface area contributed by atoms with Gasteiger partial charge >= 0.3 is 0 Å². The van der Waals surface area contributed by atoms with Crippen molar-refractivity contribution in [3.63, 3.8) is 0 Å². The number of hydrogen-bond donors (Lipinski definition) is 1. The molecule has 0 aliphatic heterocycles. The van der Waals surface area contributed by atoms with Gasteiger partial charge in [-0.3, -0.25) is 0 Å². The Morgan fingerprint density at radius 2 is 2.17 bits per heavy atom. The Hall–Kier alpha value is -0.430. The average Bonchev–Trinajstić information content (AvgIpc) is 2.40. The summed E-state index contributed by atoms with van der Waals surface area (Å²) in [5, 5.41) is 0. The number of nitrogens with zero attached hydrogens (tertiary/aromatic N) is 2. The molecule has 3 nitrogen and oxygen atoms in total. The molecular weight excluding hydrogens is 285 g/mol. The Morgan fingerprint density at radius 1 is 1.42 bits per heavy atom. The molecule has 0 fully saturated rings. The second-order valence-electron chi connectivity index (χ2n) is 2.32. The molecule has 2 N–H and O–H groups in total. The van der Waals surface area contributed by atoms with Crippen molar-refractivity contribution in [1.82, 2.24) is 8.96 Å². The number of halogens is 1. The van der Waals surface area contributed by atoms with Crippen molar-refractivity contribution in [3.05, 3.63) is 24.3 Å². The Balaban J connectivity index is 2.81. The highest BCUT2D eigenvalue weighted by atomic mass is 127. The molecule has 62 valence electrons. The molecular formula is C7H6IN3S. The number of rotatable bonds is 1. The van der Waals surface area contributed by atoms with Crippen LogP contribution >= 0.6 is 30.3 Å². The lowest BCUT2D eigenvalue weighted by atomic mass is 10.3. The number of nitrogens with two attached hydrogens (primary N) is 1. The Labute approximate surface area is 86.1 Å². The fourth-order valence-electron chi connectivity index (χ4n) is 1.10. The van der Waals surface area contributed by atoms with Gasteiger partial charge in [-0.1, -0.05) is 12.1 Å². The molecule has 0 unspecified atom stereocenters. The minimum atomic E-state index is 0.551. The number of imidazole rings is 1. The maximum Gasteiger partial charge on any atom is 0.212 e. The number of fused-ring (bicyclic) bond motifs is 1. The Bertz CT molecular complexity index is 412. The molecule has 12 heavy (non-hydrogen) atoms. The number of aromatic nitrogens is 2. The van der Waals surface area contributed by atoms with Crippen molar-refractivity contribution < 1.29 is 0 Å². The van der Waals surface area contributed by atoms with E-state index in [1.807, 2.05) is 28.2 Å². The predicted octanol–water partition coefficient (Wildman–Crippen LogP) is 2.46. The third-order valence-electron chi connectivity index (χ3n) is 1.61. The number of nitrogen functional groups attached to an aromatic ring is 1. The van der Waals surface area contributed by atoms with E-state index in [1.165, 1.54) is 9.12 Å². The second-order valence-corrected chi connectivity index (χ2v) is 4.01. The van der Waals surface area contributed by atoms with Crippen molar-refractivity contribution in [3.8, 4) is 0 Å². The smallest absolute Gasteiger partial charge is 0.212 e. The number of anilines is 1. The highest BCUT2D eigenvalue weighted by Crippen LogP contribution is 2.26. The molecule has 1 aromatic carbocycles. The molecule has 2 aromatic rings. The van der Waals surface area contributed by atoms with Crippen LogP contribution in [-0.2, 0) is 0 Å². The van der Waals surface area contributed by atoms with Gasteiger partial charge in [-0.2, -0.15) is 0 Å². The lowest BCUT2D eigenvalue weighted by Gasteiger charge is -1.96. The van der Waals surface area contributed by atoms with Crippen LogP contribution in [0, 0.1) is 0 Å². The summed E-state index contributed by atoms with van der Waals surface area (Å²) in [4.78, 5) is 4.20. The summed E-state index contributed by atoms with van der Waals surface area (Å²) >= 11 is 2.18. The van der Waals surface area contributed by atoms with E-state index in [-0.39, 0.29) is 0 Å². The summed E-state index contributed by atoms with van der Waals surface area (Å²) in [6.07, 6.45) is 0. The van der Waals surface area contributed by atoms with Crippen LogP contribution in [0.1, 0.15) is 0 Å². The van der Waals surface area contributed by atoms with E-state index < -0.39 is 0 Å². The molecule has 0 bridgehead atoms. The minimum absolute atomic E-state index is 0.551. The molecule has 2 rings (SSSR count). The van der Waals surface area contributed by atoms with E-state index >= 15 is 0 Å². The first-order chi connectivity index (χ1) is 5.83. The van der Waals surface area contributed by atoms with Crippen LogP contribution < -0.4 is 5.73 Å². The zero-order valence-corrected chi connectivity index (χ0v) is 9.04. The topological polar surface area (TPSA) is 43.8 Å². The van der Waals surface area contributed by atoms with E-state index in [1.54, 1.807) is 0 Å². The van der Waals surface area contributed by atoms with Crippen LogP contribution in [-0.4, -0.2) is 8.96 Å². The maximum atomic E-state index is 5.69. The SMILES string of the molecule is Nc1nc2ccccc2n1SI. The first kappa shape index (κ1) is 8.18. The Kier molecular flexibility index (Phi) is 2.14. The van der Waals surface area contributed by atoms with Gasteiger partial charge in [0.1, 0.15) is 0 Å². The van der Waals surface area contributed by atoms with Crippen molar-refractivity contribution in [2.45, 2.75) is 0 Å². The van der Waals surface area contributed by atoms with Gasteiger partial charge in [-0.15, -0.1) is 0 Å². The number of para-hydroxylation sites is 2. The first-order valence-electron chi connectivity index (χ1n) is 3.35. The first-order valence-corrected chi connectivity index (χ1v) is 6.66. The van der Waals surface area contributed by atoms with Gasteiger partial charge in [-0.25, -0.2) is 8.96 Å². The summed E-state index contributed by atoms with van der Waals surface area (Å²) in [5.74, 6) is 0.551. The van der Waals surface area contributed by atoms with Crippen LogP contribution in [0.5, 0.6) is 0 Å². The molecule has 0 atom stereocenters. The second kappa shape index (κ2) is 3.14. The summed E-state index contributed by atoms with van der Waals surface area (Å²) in [5.41, 5.74) is 7.70. The van der Waals surface area contributed by atoms with Crippen LogP contribution in [0.3, 0.4) is 0 Å². The molecule has 0 spiro atoms. The lowest BCUT2D eigenvalue weighted by Crippen LogP contribution is -1.92. The zero-order chi connectivity index (χ0) is 8.55. The van der Waals surface area contributed by atoms with E-state index in [9.17, 15) is 0 Å². The molecule has 0 aliphatic rings. The highest BCUT2D eigenvalue weighted by molar-refractivity contribution is 14.2. The standard InChI is InChI=1S/C7H6IN3S/c8-12-11-6-4-2-1-3-5(6)10-7(11)9/h1-4H,(H2,9,10). The average molecular weight is 291 g/mol. The molecule has 1 aromatic heterocycles. The van der Waals surface area contributed by atoms with E-state index in [0.29, 0.717) is 5.95 Å². The predicted molar refractivity (Wildman–Crippen MR) is 61.2 cm³/mol. The summed E-state index contributed by atoms with van der Waals surface area (Å²) in [7, 11) is 1.53. The van der Waals surface area contributed by atoms with Gasteiger partial charge in [-0.05, 0) is 12.1 Å². The fraction of sp³-hybridized carbons (Fsp3) is 0. The normalized spacial score (nSPS) is 10.8. The quantitative estimate of drug-likeness (QED) is 0.821. The van der Waals surface area contributed by atoms with Crippen molar-refractivity contribution in [2.24, 2.45) is 0 Å². The van der Waals surface area contributed by atoms with Crippen LogP contribution in [0.4, 0.5) is 5.95 Å². The van der Waals surface area contributed by atoms with Crippen molar-refractivity contribution in [1.29, 1.82) is 0 Å². The van der Waals surface area contributed by atoms with Gasteiger partial charge in [0.25, 0.3) is 0 Å². The Morgan fingerprint density at radius 3 is 2.92 bits per heavy atom. The monoisotopic (exact) mass is 291 g/mol. The zero-order valence-electron chi connectivity index (χ0n) is 6.07. The van der Waals surface area contributed by atoms with Gasteiger partial charge in [0, 0.05) is 30.3 Å². The van der Waals surface area contributed by atoms with Gasteiger partial charge in [0.2, 0.25) is 5.95 Å². The van der Waals surface area contributed by atoms with Gasteiger partial charge in [0.05, 0.1) is 11.0 Å². The third kappa shape index (κ3) is 1.16. The fourth-order valence-corrected chi connectivity index (χ4v) is 2.68. The van der Waals surface area contributed by atoms with Gasteiger partial charge in [0.15, 0.2) is 0 Å². The summed E-state index contributed by atoms with van der Waals surface area (Å²) in [6.45, 7) is 0. The van der Waals surface area contributed by atoms with Crippen LogP contribution in [0.2, 0.25) is 0 Å². The molecule has 1 heterocycles. The molecule has 0 saturated carbocycles. The molecule has 5 heteroatoms. The molecule has 0 amide bonds. The van der Waals surface area contributed by atoms with E-state index in [0.717, 1.165) is 11.0 Å². The summed E-state index contributed by atoms with van der Waals surface area (Å²) < 4.78 is 1.90. The van der Waals surface area contributed by atoms with E-state index in [2.05, 4.69) is 26.2 Å². The van der Waals surface area contributed by atoms with E-state index in [4.69, 9.17) is 5.73 Å². The summed E-state index contributed by atoms with van der Waals surface area (Å²) in [6, 6.07) is 7.89. The van der Waals surface area contributed by atoms with Crippen LogP contribution in [0.15, 0.2) is 24.3 Å².